The predicted octanol–water partition coefficient (Wildman–Crippen LogP) is 3.15. The molecule has 0 radical (unpaired) electrons. The summed E-state index contributed by atoms with van der Waals surface area (Å²) in [6.45, 7) is 9.84. The van der Waals surface area contributed by atoms with Gasteiger partial charge in [-0.3, -0.25) is 4.79 Å². The first-order valence-electron chi connectivity index (χ1n) is 4.18. The lowest BCUT2D eigenvalue weighted by Gasteiger charge is -2.27. The third-order valence-electron chi connectivity index (χ3n) is 1.97. The van der Waals surface area contributed by atoms with E-state index in [4.69, 9.17) is 0 Å². The highest BCUT2D eigenvalue weighted by atomic mass is 127. The monoisotopic (exact) mass is 314 g/mol. The largest absolute Gasteiger partial charge is 0.299 e. The van der Waals surface area contributed by atoms with Crippen molar-refractivity contribution in [3.63, 3.8) is 0 Å². The molecular weight excluding hydrogens is 298 g/mol. The van der Waals surface area contributed by atoms with Gasteiger partial charge < -0.3 is 0 Å². The molecule has 0 bridgehead atoms. The topological polar surface area (TPSA) is 17.1 Å². The fourth-order valence-corrected chi connectivity index (χ4v) is 2.36. The Balaban J connectivity index is 4.42. The molecule has 0 aliphatic rings. The van der Waals surface area contributed by atoms with Gasteiger partial charge in [-0.2, -0.15) is 0 Å². The van der Waals surface area contributed by atoms with E-state index >= 15 is 0 Å². The Kier molecular flexibility index (Phi) is 4.78. The molecule has 2 atom stereocenters. The number of carbonyl (C=O) groups is 1. The summed E-state index contributed by atoms with van der Waals surface area (Å²) < 4.78 is 13.8. The Morgan fingerprint density at radius 2 is 2.08 bits per heavy atom. The van der Waals surface area contributed by atoms with E-state index in [1.165, 1.54) is 0 Å². The molecule has 13 heavy (non-hydrogen) atoms. The van der Waals surface area contributed by atoms with E-state index in [1.54, 1.807) is 0 Å². The maximum Gasteiger partial charge on any atom is 0.184 e. The van der Waals surface area contributed by atoms with Crippen molar-refractivity contribution in [2.75, 3.05) is 0 Å². The Morgan fingerprint density at radius 3 is 2.31 bits per heavy atom. The van der Waals surface area contributed by atoms with E-state index in [1.807, 2.05) is 0 Å². The second-order valence-corrected chi connectivity index (χ2v) is 12.4. The van der Waals surface area contributed by atoms with Gasteiger partial charge in [-0.05, 0) is 6.08 Å². The van der Waals surface area contributed by atoms with E-state index in [2.05, 4.69) is 48.8 Å². The molecule has 0 spiro atoms. The van der Waals surface area contributed by atoms with E-state index in [0.29, 0.717) is 6.29 Å². The highest BCUT2D eigenvalue weighted by molar-refractivity contribution is 14.1. The zero-order valence-corrected chi connectivity index (χ0v) is 11.5. The highest BCUT2D eigenvalue weighted by Gasteiger charge is 2.34. The second-order valence-electron chi connectivity index (χ2n) is 4.29. The van der Waals surface area contributed by atoms with Crippen LogP contribution in [0.4, 0.5) is 4.39 Å². The SMILES string of the molecule is C=CC(F)(C=O)CC(I)[Si](C)(C)C. The maximum absolute atomic E-state index is 13.6. The van der Waals surface area contributed by atoms with Crippen LogP contribution in [0.1, 0.15) is 6.42 Å². The lowest BCUT2D eigenvalue weighted by Crippen LogP contribution is -2.39. The second kappa shape index (κ2) is 4.68. The Hall–Kier alpha value is 0.287. The molecule has 0 aromatic heterocycles. The van der Waals surface area contributed by atoms with E-state index in [-0.39, 0.29) is 9.97 Å². The van der Waals surface area contributed by atoms with Crippen LogP contribution in [-0.2, 0) is 4.79 Å². The van der Waals surface area contributed by atoms with Crippen molar-refractivity contribution < 1.29 is 9.18 Å². The van der Waals surface area contributed by atoms with E-state index < -0.39 is 13.7 Å². The lowest BCUT2D eigenvalue weighted by molar-refractivity contribution is -0.115. The molecule has 0 N–H and O–H groups in total. The van der Waals surface area contributed by atoms with Crippen LogP contribution in [0.25, 0.3) is 0 Å². The van der Waals surface area contributed by atoms with Gasteiger partial charge in [-0.1, -0.05) is 48.8 Å². The van der Waals surface area contributed by atoms with Crippen LogP contribution in [0.2, 0.25) is 19.6 Å². The minimum atomic E-state index is -1.83. The van der Waals surface area contributed by atoms with Crippen LogP contribution >= 0.6 is 22.6 Å². The van der Waals surface area contributed by atoms with Crippen molar-refractivity contribution in [1.29, 1.82) is 0 Å². The summed E-state index contributed by atoms with van der Waals surface area (Å²) in [6, 6.07) is 0. The van der Waals surface area contributed by atoms with Gasteiger partial charge in [0.2, 0.25) is 0 Å². The maximum atomic E-state index is 13.6. The summed E-state index contributed by atoms with van der Waals surface area (Å²) in [4.78, 5) is 10.5. The molecule has 0 saturated heterocycles. The minimum absolute atomic E-state index is 0.248. The molecule has 0 saturated carbocycles. The minimum Gasteiger partial charge on any atom is -0.299 e. The van der Waals surface area contributed by atoms with E-state index in [0.717, 1.165) is 6.08 Å². The average Bonchev–Trinajstić information content (AvgIpc) is 2.02. The third-order valence-corrected chi connectivity index (χ3v) is 10.1. The number of alkyl halides is 2. The number of hydrogen-bond acceptors (Lipinski definition) is 1. The van der Waals surface area contributed by atoms with Crippen LogP contribution in [0.5, 0.6) is 0 Å². The third kappa shape index (κ3) is 4.35. The standard InChI is InChI=1S/C9H16FIOSi/c1-5-9(10,7-12)6-8(11)13(2,3)4/h5,7-8H,1,6H2,2-4H3. The zero-order valence-electron chi connectivity index (χ0n) is 8.31. The van der Waals surface area contributed by atoms with Gasteiger partial charge in [0.05, 0.1) is 8.07 Å². The molecule has 0 fully saturated rings. The molecule has 76 valence electrons. The predicted molar refractivity (Wildman–Crippen MR) is 65.9 cm³/mol. The molecule has 0 aliphatic carbocycles. The summed E-state index contributed by atoms with van der Waals surface area (Å²) in [5, 5.41) is 0. The Morgan fingerprint density at radius 1 is 1.62 bits per heavy atom. The molecule has 0 aromatic carbocycles. The Labute approximate surface area is 93.9 Å². The van der Waals surface area contributed by atoms with Crippen molar-refractivity contribution in [3.05, 3.63) is 12.7 Å². The molecule has 0 rings (SSSR count). The van der Waals surface area contributed by atoms with Gasteiger partial charge in [0.25, 0.3) is 0 Å². The zero-order chi connectivity index (χ0) is 10.7. The van der Waals surface area contributed by atoms with Crippen LogP contribution in [0.3, 0.4) is 0 Å². The molecule has 1 nitrogen and oxygen atoms in total. The summed E-state index contributed by atoms with van der Waals surface area (Å²) in [6.07, 6.45) is 1.72. The number of rotatable bonds is 5. The summed E-state index contributed by atoms with van der Waals surface area (Å²) in [5.74, 6) is 0. The highest BCUT2D eigenvalue weighted by Crippen LogP contribution is 2.28. The van der Waals surface area contributed by atoms with Crippen molar-refractivity contribution in [2.45, 2.75) is 35.3 Å². The molecular formula is C9H16FIOSi. The first-order valence-corrected chi connectivity index (χ1v) is 9.00. The fraction of sp³-hybridized carbons (Fsp3) is 0.667. The van der Waals surface area contributed by atoms with Gasteiger partial charge in [0, 0.05) is 9.97 Å². The van der Waals surface area contributed by atoms with Gasteiger partial charge in [0.15, 0.2) is 12.0 Å². The average molecular weight is 314 g/mol. The quantitative estimate of drug-likeness (QED) is 0.250. The van der Waals surface area contributed by atoms with Crippen LogP contribution < -0.4 is 0 Å². The number of allylic oxidation sites excluding steroid dienone is 1. The summed E-state index contributed by atoms with van der Waals surface area (Å²) in [7, 11) is -1.36. The molecule has 0 amide bonds. The summed E-state index contributed by atoms with van der Waals surface area (Å²) in [5.41, 5.74) is -1.83. The molecule has 0 aromatic rings. The molecule has 0 heterocycles. The first kappa shape index (κ1) is 13.3. The van der Waals surface area contributed by atoms with Crippen molar-refractivity contribution >= 4 is 37.0 Å². The summed E-state index contributed by atoms with van der Waals surface area (Å²) >= 11 is 2.24. The molecule has 0 aliphatic heterocycles. The Bertz CT molecular complexity index is 192. The number of aldehydes is 1. The van der Waals surface area contributed by atoms with Gasteiger partial charge in [0.1, 0.15) is 0 Å². The van der Waals surface area contributed by atoms with Crippen LogP contribution in [0.15, 0.2) is 12.7 Å². The molecule has 4 heteroatoms. The van der Waals surface area contributed by atoms with Gasteiger partial charge in [-0.25, -0.2) is 4.39 Å². The smallest absolute Gasteiger partial charge is 0.184 e. The van der Waals surface area contributed by atoms with E-state index in [9.17, 15) is 9.18 Å². The number of carbonyl (C=O) groups excluding carboxylic acids is 1. The number of halogens is 2. The fourth-order valence-electron chi connectivity index (χ4n) is 0.760. The van der Waals surface area contributed by atoms with Gasteiger partial charge in [-0.15, -0.1) is 0 Å². The van der Waals surface area contributed by atoms with Crippen molar-refractivity contribution in [2.24, 2.45) is 0 Å². The van der Waals surface area contributed by atoms with Gasteiger partial charge >= 0.3 is 0 Å². The van der Waals surface area contributed by atoms with Crippen molar-refractivity contribution in [3.8, 4) is 0 Å². The lowest BCUT2D eigenvalue weighted by atomic mass is 10.1. The first-order chi connectivity index (χ1) is 5.75. The van der Waals surface area contributed by atoms with Crippen LogP contribution in [0, 0.1) is 0 Å². The normalized spacial score (nSPS) is 18.8. The molecule has 2 unspecified atom stereocenters. The van der Waals surface area contributed by atoms with Crippen LogP contribution in [-0.4, -0.2) is 23.6 Å². The number of hydrogen-bond donors (Lipinski definition) is 0. The van der Waals surface area contributed by atoms with Crippen molar-refractivity contribution in [1.82, 2.24) is 0 Å².